The van der Waals surface area contributed by atoms with Crippen LogP contribution in [0, 0.1) is 0 Å². The van der Waals surface area contributed by atoms with Crippen molar-refractivity contribution in [2.24, 2.45) is 0 Å². The smallest absolute Gasteiger partial charge is 0.224 e. The largest absolute Gasteiger partial charge is 0.371 e. The molecule has 0 spiro atoms. The Morgan fingerprint density at radius 3 is 2.25 bits per heavy atom. The first-order valence-corrected chi connectivity index (χ1v) is 11.2. The average Bonchev–Trinajstić information content (AvgIpc) is 2.62. The first kappa shape index (κ1) is 22.4. The summed E-state index contributed by atoms with van der Waals surface area (Å²) >= 11 is 0. The zero-order valence-corrected chi connectivity index (χ0v) is 17.8. The number of anilines is 2. The highest BCUT2D eigenvalue weighted by Crippen LogP contribution is 2.21. The van der Waals surface area contributed by atoms with Gasteiger partial charge in [0.05, 0.1) is 4.75 Å². The van der Waals surface area contributed by atoms with Crippen LogP contribution in [0.4, 0.5) is 11.4 Å². The summed E-state index contributed by atoms with van der Waals surface area (Å²) < 4.78 is 25.6. The minimum absolute atomic E-state index is 0.0880. The molecule has 0 saturated carbocycles. The van der Waals surface area contributed by atoms with Crippen LogP contribution in [0.1, 0.15) is 52.9 Å². The number of nitrogens with one attached hydrogen (secondary N) is 2. The summed E-state index contributed by atoms with van der Waals surface area (Å²) in [7, 11) is -3.34. The molecule has 8 heteroatoms. The van der Waals surface area contributed by atoms with Gasteiger partial charge in [-0.1, -0.05) is 0 Å². The maximum Gasteiger partial charge on any atom is 0.224 e. The molecule has 0 radical (unpaired) electrons. The molecule has 1 aliphatic rings. The number of hydrogen-bond donors (Lipinski definition) is 2. The number of Topliss-reactive ketones (excluding diaryl/α,β-unsaturated/α-hetero) is 1. The Labute approximate surface area is 167 Å². The third-order valence-corrected chi connectivity index (χ3v) is 6.96. The van der Waals surface area contributed by atoms with E-state index >= 15 is 0 Å². The molecule has 1 aromatic rings. The van der Waals surface area contributed by atoms with E-state index in [1.807, 2.05) is 24.3 Å². The van der Waals surface area contributed by atoms with Gasteiger partial charge >= 0.3 is 0 Å². The molecule has 1 aliphatic heterocycles. The third kappa shape index (κ3) is 6.60. The highest BCUT2D eigenvalue weighted by molar-refractivity contribution is 7.90. The van der Waals surface area contributed by atoms with Crippen molar-refractivity contribution in [3.63, 3.8) is 0 Å². The number of unbranched alkanes of at least 4 members (excludes halogenated alkanes) is 1. The number of piperidine rings is 1. The maximum atomic E-state index is 12.1. The number of carbonyl (C=O) groups is 2. The van der Waals surface area contributed by atoms with Gasteiger partial charge in [0.15, 0.2) is 0 Å². The fourth-order valence-electron chi connectivity index (χ4n) is 2.83. The summed E-state index contributed by atoms with van der Waals surface area (Å²) in [5, 5.41) is 2.86. The van der Waals surface area contributed by atoms with Crippen LogP contribution >= 0.6 is 0 Å². The monoisotopic (exact) mass is 409 g/mol. The molecule has 1 amide bonds. The van der Waals surface area contributed by atoms with E-state index in [1.165, 1.54) is 0 Å². The minimum Gasteiger partial charge on any atom is -0.371 e. The van der Waals surface area contributed by atoms with Crippen molar-refractivity contribution in [3.05, 3.63) is 24.3 Å². The lowest BCUT2D eigenvalue weighted by Gasteiger charge is -2.28. The van der Waals surface area contributed by atoms with Gasteiger partial charge in [-0.2, -0.15) is 0 Å². The normalized spacial score (nSPS) is 15.5. The number of nitrogens with zero attached hydrogens (tertiary/aromatic N) is 1. The molecule has 1 heterocycles. The molecule has 1 aromatic carbocycles. The number of carbonyl (C=O) groups excluding carboxylic acids is 2. The SMILES string of the molecule is CC(C)(C)S(=O)(=O)NCCCCC(=O)Nc1ccc(N2CCC(=O)CC2)cc1. The molecule has 0 aromatic heterocycles. The fourth-order valence-corrected chi connectivity index (χ4v) is 3.67. The lowest BCUT2D eigenvalue weighted by Crippen LogP contribution is -2.39. The van der Waals surface area contributed by atoms with Crippen LogP contribution in [0.5, 0.6) is 0 Å². The van der Waals surface area contributed by atoms with Crippen LogP contribution in [-0.4, -0.2) is 44.5 Å². The molecular weight excluding hydrogens is 378 g/mol. The van der Waals surface area contributed by atoms with Crippen molar-refractivity contribution in [1.29, 1.82) is 0 Å². The van der Waals surface area contributed by atoms with Crippen LogP contribution in [0.15, 0.2) is 24.3 Å². The van der Waals surface area contributed by atoms with Gasteiger partial charge < -0.3 is 10.2 Å². The second-order valence-electron chi connectivity index (χ2n) is 8.09. The first-order chi connectivity index (χ1) is 13.1. The predicted molar refractivity (Wildman–Crippen MR) is 112 cm³/mol. The Bertz CT molecular complexity index is 773. The van der Waals surface area contributed by atoms with Crippen LogP contribution in [0.2, 0.25) is 0 Å². The number of sulfonamides is 1. The van der Waals surface area contributed by atoms with E-state index in [4.69, 9.17) is 0 Å². The molecule has 1 saturated heterocycles. The summed E-state index contributed by atoms with van der Waals surface area (Å²) in [6.45, 7) is 6.77. The summed E-state index contributed by atoms with van der Waals surface area (Å²) in [5.74, 6) is 0.223. The van der Waals surface area contributed by atoms with Gasteiger partial charge in [0.2, 0.25) is 15.9 Å². The Hall–Kier alpha value is -1.93. The minimum atomic E-state index is -3.34. The van der Waals surface area contributed by atoms with Crippen molar-refractivity contribution < 1.29 is 18.0 Å². The molecule has 156 valence electrons. The maximum absolute atomic E-state index is 12.1. The van der Waals surface area contributed by atoms with Crippen LogP contribution in [0.25, 0.3) is 0 Å². The Morgan fingerprint density at radius 2 is 1.68 bits per heavy atom. The van der Waals surface area contributed by atoms with Crippen molar-refractivity contribution in [3.8, 4) is 0 Å². The quantitative estimate of drug-likeness (QED) is 0.644. The Morgan fingerprint density at radius 1 is 1.07 bits per heavy atom. The van der Waals surface area contributed by atoms with Gasteiger partial charge in [0, 0.05) is 50.3 Å². The van der Waals surface area contributed by atoms with Gasteiger partial charge in [-0.25, -0.2) is 13.1 Å². The van der Waals surface area contributed by atoms with Crippen molar-refractivity contribution in [2.75, 3.05) is 29.9 Å². The van der Waals surface area contributed by atoms with Gasteiger partial charge in [-0.05, 0) is 57.9 Å². The highest BCUT2D eigenvalue weighted by Gasteiger charge is 2.27. The lowest BCUT2D eigenvalue weighted by molar-refractivity contribution is -0.119. The average molecular weight is 410 g/mol. The number of rotatable bonds is 8. The summed E-state index contributed by atoms with van der Waals surface area (Å²) in [6, 6.07) is 7.63. The number of hydrogen-bond acceptors (Lipinski definition) is 5. The zero-order chi connectivity index (χ0) is 20.8. The van der Waals surface area contributed by atoms with E-state index in [9.17, 15) is 18.0 Å². The van der Waals surface area contributed by atoms with Crippen LogP contribution in [0.3, 0.4) is 0 Å². The van der Waals surface area contributed by atoms with Gasteiger partial charge in [0.1, 0.15) is 5.78 Å². The van der Waals surface area contributed by atoms with Crippen molar-refractivity contribution >= 4 is 33.1 Å². The molecule has 2 N–H and O–H groups in total. The summed E-state index contributed by atoms with van der Waals surface area (Å²) in [5.41, 5.74) is 1.78. The van der Waals surface area contributed by atoms with Gasteiger partial charge in [0.25, 0.3) is 0 Å². The Balaban J connectivity index is 1.69. The molecule has 0 unspecified atom stereocenters. The van der Waals surface area contributed by atoms with E-state index < -0.39 is 14.8 Å². The fraction of sp³-hybridized carbons (Fsp3) is 0.600. The summed E-state index contributed by atoms with van der Waals surface area (Å²) in [6.07, 6.45) is 2.73. The molecular formula is C20H31N3O4S. The topological polar surface area (TPSA) is 95.6 Å². The van der Waals surface area contributed by atoms with E-state index in [2.05, 4.69) is 14.9 Å². The third-order valence-electron chi connectivity index (χ3n) is 4.77. The second-order valence-corrected chi connectivity index (χ2v) is 10.6. The predicted octanol–water partition coefficient (Wildman–Crippen LogP) is 2.68. The van der Waals surface area contributed by atoms with E-state index in [0.29, 0.717) is 44.4 Å². The molecule has 7 nitrogen and oxygen atoms in total. The molecule has 0 atom stereocenters. The number of ketones is 1. The van der Waals surface area contributed by atoms with Crippen LogP contribution in [-0.2, 0) is 19.6 Å². The standard InChI is InChI=1S/C20H31N3O4S/c1-20(2,3)28(26,27)21-13-5-4-6-19(25)22-16-7-9-17(10-8-16)23-14-11-18(24)12-15-23/h7-10,21H,4-6,11-15H2,1-3H3,(H,22,25). The zero-order valence-electron chi connectivity index (χ0n) is 17.0. The van der Waals surface area contributed by atoms with Crippen molar-refractivity contribution in [1.82, 2.24) is 4.72 Å². The van der Waals surface area contributed by atoms with E-state index in [0.717, 1.165) is 24.5 Å². The van der Waals surface area contributed by atoms with E-state index in [-0.39, 0.29) is 5.91 Å². The number of benzene rings is 1. The molecule has 0 bridgehead atoms. The second kappa shape index (κ2) is 9.52. The molecule has 28 heavy (non-hydrogen) atoms. The van der Waals surface area contributed by atoms with Crippen molar-refractivity contribution in [2.45, 2.75) is 57.6 Å². The van der Waals surface area contributed by atoms with Crippen LogP contribution < -0.4 is 14.9 Å². The highest BCUT2D eigenvalue weighted by atomic mass is 32.2. The molecule has 0 aliphatic carbocycles. The first-order valence-electron chi connectivity index (χ1n) is 9.74. The lowest BCUT2D eigenvalue weighted by atomic mass is 10.1. The molecule has 1 fully saturated rings. The summed E-state index contributed by atoms with van der Waals surface area (Å²) in [4.78, 5) is 25.6. The Kier molecular flexibility index (Phi) is 7.60. The van der Waals surface area contributed by atoms with E-state index in [1.54, 1.807) is 20.8 Å². The number of amides is 1. The van der Waals surface area contributed by atoms with Gasteiger partial charge in [-0.15, -0.1) is 0 Å². The molecule has 2 rings (SSSR count). The van der Waals surface area contributed by atoms with Gasteiger partial charge in [-0.3, -0.25) is 9.59 Å².